The van der Waals surface area contributed by atoms with E-state index in [1.54, 1.807) is 10.3 Å². The molecule has 2 N–H and O–H groups in total. The van der Waals surface area contributed by atoms with Crippen molar-refractivity contribution < 1.29 is 19.1 Å². The van der Waals surface area contributed by atoms with Gasteiger partial charge in [-0.15, -0.1) is 11.3 Å². The maximum atomic E-state index is 13.4. The number of ketones is 1. The predicted octanol–water partition coefficient (Wildman–Crippen LogP) is 2.95. The van der Waals surface area contributed by atoms with Crippen LogP contribution in [0.3, 0.4) is 0 Å². The van der Waals surface area contributed by atoms with Crippen molar-refractivity contribution in [2.45, 2.75) is 12.8 Å². The fourth-order valence-electron chi connectivity index (χ4n) is 4.21. The van der Waals surface area contributed by atoms with Gasteiger partial charge in [0.1, 0.15) is 16.7 Å². The first-order valence-electron chi connectivity index (χ1n) is 11.0. The number of ether oxygens (including phenoxy) is 1. The largest absolute Gasteiger partial charge is 0.479 e. The van der Waals surface area contributed by atoms with E-state index in [0.29, 0.717) is 29.7 Å². The van der Waals surface area contributed by atoms with Crippen LogP contribution < -0.4 is 10.1 Å². The summed E-state index contributed by atoms with van der Waals surface area (Å²) in [6.45, 7) is 1.18. The van der Waals surface area contributed by atoms with Gasteiger partial charge in [0.15, 0.2) is 10.8 Å². The molecule has 0 saturated carbocycles. The first-order valence-corrected chi connectivity index (χ1v) is 11.9. The number of likely N-dealkylation sites (tertiary alicyclic amines) is 1. The van der Waals surface area contributed by atoms with Crippen LogP contribution in [0.1, 0.15) is 33.0 Å². The molecule has 2 amide bonds. The summed E-state index contributed by atoms with van der Waals surface area (Å²) in [6, 6.07) is 10.2. The average Bonchev–Trinajstić information content (AvgIpc) is 3.64. The molecule has 1 saturated heterocycles. The zero-order valence-corrected chi connectivity index (χ0v) is 19.7. The lowest BCUT2D eigenvalue weighted by Crippen LogP contribution is -2.30. The maximum Gasteiger partial charge on any atom is 0.300 e. The molecule has 178 valence electrons. The van der Waals surface area contributed by atoms with Gasteiger partial charge in [-0.3, -0.25) is 19.7 Å². The predicted molar refractivity (Wildman–Crippen MR) is 130 cm³/mol. The Morgan fingerprint density at radius 2 is 2.06 bits per heavy atom. The van der Waals surface area contributed by atoms with E-state index in [9.17, 15) is 14.4 Å². The molecule has 0 bridgehead atoms. The number of H-pyrrole nitrogens is 1. The highest BCUT2D eigenvalue weighted by Gasteiger charge is 2.31. The van der Waals surface area contributed by atoms with Crippen molar-refractivity contribution in [2.24, 2.45) is 5.92 Å². The number of Topliss-reactive ketones (excluding diaryl/α,β-unsaturated/α-hetero) is 1. The van der Waals surface area contributed by atoms with E-state index < -0.39 is 11.7 Å². The molecule has 10 nitrogen and oxygen atoms in total. The molecule has 1 atom stereocenters. The monoisotopic (exact) mass is 490 g/mol. The Bertz CT molecular complexity index is 1390. The number of hydrogen-bond donors (Lipinski definition) is 2. The minimum Gasteiger partial charge on any atom is -0.479 e. The van der Waals surface area contributed by atoms with Crippen molar-refractivity contribution in [2.75, 3.05) is 25.5 Å². The molecule has 1 aliphatic heterocycles. The summed E-state index contributed by atoms with van der Waals surface area (Å²) in [5, 5.41) is 4.45. The number of nitrogens with one attached hydrogen (secondary N) is 2. The Kier molecular flexibility index (Phi) is 6.23. The number of methoxy groups -OCH3 is 1. The van der Waals surface area contributed by atoms with E-state index in [1.165, 1.54) is 36.4 Å². The van der Waals surface area contributed by atoms with Crippen LogP contribution in [0, 0.1) is 5.92 Å². The van der Waals surface area contributed by atoms with Crippen molar-refractivity contribution in [1.82, 2.24) is 24.8 Å². The third kappa shape index (κ3) is 4.62. The Morgan fingerprint density at radius 3 is 2.80 bits per heavy atom. The van der Waals surface area contributed by atoms with Crippen molar-refractivity contribution in [3.05, 3.63) is 65.1 Å². The first kappa shape index (κ1) is 22.7. The number of anilines is 1. The molecule has 1 unspecified atom stereocenters. The molecule has 1 fully saturated rings. The van der Waals surface area contributed by atoms with Crippen LogP contribution in [0.15, 0.2) is 48.1 Å². The summed E-state index contributed by atoms with van der Waals surface area (Å²) < 4.78 is 5.34. The van der Waals surface area contributed by atoms with E-state index >= 15 is 0 Å². The average molecular weight is 491 g/mol. The lowest BCUT2D eigenvalue weighted by molar-refractivity contribution is -0.112. The number of amides is 2. The molecule has 3 aromatic heterocycles. The molecule has 0 spiro atoms. The van der Waals surface area contributed by atoms with Crippen LogP contribution >= 0.6 is 11.3 Å². The number of thiazole rings is 1. The van der Waals surface area contributed by atoms with Crippen molar-refractivity contribution in [3.8, 4) is 5.88 Å². The molecule has 0 aliphatic carbocycles. The highest BCUT2D eigenvalue weighted by Crippen LogP contribution is 2.27. The van der Waals surface area contributed by atoms with Gasteiger partial charge in [0.25, 0.3) is 17.6 Å². The molecule has 5 rings (SSSR count). The summed E-state index contributed by atoms with van der Waals surface area (Å²) in [6.07, 6.45) is 4.74. The zero-order valence-electron chi connectivity index (χ0n) is 18.9. The quantitative estimate of drug-likeness (QED) is 0.301. The first-order chi connectivity index (χ1) is 17.0. The number of fused-ring (bicyclic) bond motifs is 1. The van der Waals surface area contributed by atoms with Gasteiger partial charge in [0.05, 0.1) is 7.11 Å². The maximum absolute atomic E-state index is 13.4. The second-order valence-electron chi connectivity index (χ2n) is 8.20. The van der Waals surface area contributed by atoms with Crippen molar-refractivity contribution >= 4 is 45.1 Å². The fourth-order valence-corrected chi connectivity index (χ4v) is 4.74. The summed E-state index contributed by atoms with van der Waals surface area (Å²) in [7, 11) is 1.41. The number of nitrogens with zero attached hydrogens (tertiary/aromatic N) is 4. The van der Waals surface area contributed by atoms with Gasteiger partial charge in [0, 0.05) is 30.9 Å². The number of aromatic amines is 1. The summed E-state index contributed by atoms with van der Waals surface area (Å²) >= 11 is 1.20. The van der Waals surface area contributed by atoms with Crippen LogP contribution in [-0.2, 0) is 11.2 Å². The Hall–Kier alpha value is -4.12. The van der Waals surface area contributed by atoms with Gasteiger partial charge in [-0.25, -0.2) is 15.0 Å². The smallest absolute Gasteiger partial charge is 0.300 e. The summed E-state index contributed by atoms with van der Waals surface area (Å²) in [5.41, 5.74) is 1.63. The Labute approximate surface area is 204 Å². The van der Waals surface area contributed by atoms with E-state index in [1.807, 2.05) is 18.2 Å². The lowest BCUT2D eigenvalue weighted by atomic mass is 9.99. The molecular weight excluding hydrogens is 468 g/mol. The van der Waals surface area contributed by atoms with Crippen LogP contribution in [-0.4, -0.2) is 62.6 Å². The molecule has 4 heterocycles. The van der Waals surface area contributed by atoms with Gasteiger partial charge >= 0.3 is 0 Å². The molecule has 35 heavy (non-hydrogen) atoms. The minimum absolute atomic E-state index is 0.00865. The third-order valence-corrected chi connectivity index (χ3v) is 6.59. The molecule has 0 radical (unpaired) electrons. The van der Waals surface area contributed by atoms with Crippen LogP contribution in [0.4, 0.5) is 5.13 Å². The molecular formula is C24H22N6O4S. The molecule has 1 aliphatic rings. The molecule has 11 heteroatoms. The number of carbonyl (C=O) groups is 3. The van der Waals surface area contributed by atoms with Crippen molar-refractivity contribution in [3.63, 3.8) is 0 Å². The number of rotatable bonds is 7. The van der Waals surface area contributed by atoms with Crippen LogP contribution in [0.5, 0.6) is 5.88 Å². The number of carbonyl (C=O) groups excluding carboxylic acids is 3. The number of aromatic nitrogens is 4. The molecule has 4 aromatic rings. The third-order valence-electron chi connectivity index (χ3n) is 5.90. The van der Waals surface area contributed by atoms with E-state index in [4.69, 9.17) is 4.74 Å². The number of hydrogen-bond acceptors (Lipinski definition) is 8. The normalized spacial score (nSPS) is 15.3. The van der Waals surface area contributed by atoms with Gasteiger partial charge in [0.2, 0.25) is 5.88 Å². The standard InChI is InChI=1S/C24H22N6O4S/c1-34-22-19(23(33)30-9-7-15(13-30)11-14-5-3-2-4-6-14)28-17-16(27-22)12-26-18(17)20(31)21(32)29-24-25-8-10-35-24/h2-6,8,10,12,15,26H,7,9,11,13H2,1H3,(H,25,29,32). The van der Waals surface area contributed by atoms with Gasteiger partial charge in [-0.05, 0) is 24.3 Å². The van der Waals surface area contributed by atoms with Crippen molar-refractivity contribution in [1.29, 1.82) is 0 Å². The topological polar surface area (TPSA) is 130 Å². The summed E-state index contributed by atoms with van der Waals surface area (Å²) in [5.74, 6) is -1.62. The second kappa shape index (κ2) is 9.63. The highest BCUT2D eigenvalue weighted by molar-refractivity contribution is 7.13. The molecule has 1 aromatic carbocycles. The Balaban J connectivity index is 1.38. The van der Waals surface area contributed by atoms with Gasteiger partial charge < -0.3 is 14.6 Å². The van der Waals surface area contributed by atoms with E-state index in [-0.39, 0.29) is 28.7 Å². The minimum atomic E-state index is -0.863. The van der Waals surface area contributed by atoms with Gasteiger partial charge in [-0.2, -0.15) is 0 Å². The summed E-state index contributed by atoms with van der Waals surface area (Å²) in [4.78, 5) is 55.8. The fraction of sp³-hybridized carbons (Fsp3) is 0.250. The zero-order chi connectivity index (χ0) is 24.4. The van der Waals surface area contributed by atoms with Gasteiger partial charge in [-0.1, -0.05) is 30.3 Å². The highest BCUT2D eigenvalue weighted by atomic mass is 32.1. The van der Waals surface area contributed by atoms with E-state index in [0.717, 1.165) is 12.8 Å². The second-order valence-corrected chi connectivity index (χ2v) is 9.09. The number of benzene rings is 1. The lowest BCUT2D eigenvalue weighted by Gasteiger charge is -2.17. The van der Waals surface area contributed by atoms with Crippen LogP contribution in [0.25, 0.3) is 11.0 Å². The van der Waals surface area contributed by atoms with Crippen LogP contribution in [0.2, 0.25) is 0 Å². The van der Waals surface area contributed by atoms with E-state index in [2.05, 4.69) is 37.4 Å². The Morgan fingerprint density at radius 1 is 1.23 bits per heavy atom. The SMILES string of the molecule is COc1nc2c[nH]c(C(=O)C(=O)Nc3nccs3)c2nc1C(=O)N1CCC(Cc2ccccc2)C1.